The molecule has 0 aromatic heterocycles. The first kappa shape index (κ1) is 18.4. The van der Waals surface area contributed by atoms with Crippen LogP contribution in [0, 0.1) is 0 Å². The normalized spacial score (nSPS) is 13.7. The van der Waals surface area contributed by atoms with Gasteiger partial charge in [-0.05, 0) is 25.1 Å². The van der Waals surface area contributed by atoms with Gasteiger partial charge in [0, 0.05) is 12.6 Å². The van der Waals surface area contributed by atoms with Crippen LogP contribution in [-0.2, 0) is 20.9 Å². The predicted octanol–water partition coefficient (Wildman–Crippen LogP) is 1.12. The lowest BCUT2D eigenvalue weighted by Crippen LogP contribution is -2.37. The predicted molar refractivity (Wildman–Crippen MR) is 71.6 cm³/mol. The Hall–Kier alpha value is -1.65. The highest BCUT2D eigenvalue weighted by molar-refractivity contribution is 7.89. The maximum absolute atomic E-state index is 13.0. The number of hydrogen-bond donors (Lipinski definition) is 2. The van der Waals surface area contributed by atoms with Crippen molar-refractivity contribution in [2.75, 3.05) is 13.7 Å². The summed E-state index contributed by atoms with van der Waals surface area (Å²) in [6, 6.07) is 1.39. The molecular weight excluding hydrogens is 325 g/mol. The van der Waals surface area contributed by atoms with Crippen LogP contribution in [0.3, 0.4) is 0 Å². The highest BCUT2D eigenvalue weighted by Crippen LogP contribution is 2.34. The number of halogens is 3. The molecule has 1 aromatic rings. The molecule has 0 saturated carbocycles. The van der Waals surface area contributed by atoms with Crippen LogP contribution in [0.5, 0.6) is 0 Å². The summed E-state index contributed by atoms with van der Waals surface area (Å²) in [6.07, 6.45) is -4.91. The number of carbonyl (C=O) groups is 1. The molecule has 0 aliphatic rings. The zero-order valence-corrected chi connectivity index (χ0v) is 12.6. The molecule has 1 atom stereocenters. The minimum Gasteiger partial charge on any atom is -0.465 e. The van der Waals surface area contributed by atoms with Gasteiger partial charge in [0.15, 0.2) is 0 Å². The van der Waals surface area contributed by atoms with Crippen LogP contribution in [0.1, 0.15) is 22.8 Å². The number of nitrogens with two attached hydrogens (primary N) is 1. The maximum Gasteiger partial charge on any atom is 0.417 e. The van der Waals surface area contributed by atoms with Crippen molar-refractivity contribution >= 4 is 16.0 Å². The molecule has 10 heteroatoms. The maximum atomic E-state index is 13.0. The zero-order valence-electron chi connectivity index (χ0n) is 11.8. The molecule has 1 aromatic carbocycles. The molecule has 1 rings (SSSR count). The molecule has 124 valence electrons. The highest BCUT2D eigenvalue weighted by Gasteiger charge is 2.37. The van der Waals surface area contributed by atoms with E-state index in [1.54, 1.807) is 0 Å². The number of carbonyl (C=O) groups excluding carboxylic acids is 1. The molecule has 6 nitrogen and oxygen atoms in total. The first-order chi connectivity index (χ1) is 10.0. The van der Waals surface area contributed by atoms with Crippen LogP contribution >= 0.6 is 0 Å². The van der Waals surface area contributed by atoms with Gasteiger partial charge in [-0.3, -0.25) is 0 Å². The van der Waals surface area contributed by atoms with Crippen LogP contribution in [0.15, 0.2) is 23.1 Å². The number of sulfonamides is 1. The van der Waals surface area contributed by atoms with E-state index in [2.05, 4.69) is 9.46 Å². The molecule has 0 radical (unpaired) electrons. The van der Waals surface area contributed by atoms with Gasteiger partial charge in [-0.2, -0.15) is 13.2 Å². The minimum absolute atomic E-state index is 0.0222. The first-order valence-electron chi connectivity index (χ1n) is 6.05. The van der Waals surface area contributed by atoms with Gasteiger partial charge >= 0.3 is 12.1 Å². The Morgan fingerprint density at radius 3 is 2.45 bits per heavy atom. The third kappa shape index (κ3) is 4.18. The smallest absolute Gasteiger partial charge is 0.417 e. The Labute approximate surface area is 125 Å². The number of rotatable bonds is 5. The van der Waals surface area contributed by atoms with Crippen LogP contribution < -0.4 is 10.5 Å². The lowest BCUT2D eigenvalue weighted by atomic mass is 10.1. The van der Waals surface area contributed by atoms with E-state index in [0.717, 1.165) is 19.2 Å². The van der Waals surface area contributed by atoms with E-state index < -0.39 is 44.2 Å². The van der Waals surface area contributed by atoms with E-state index in [-0.39, 0.29) is 6.54 Å². The SMILES string of the molecule is COC(=O)c1ccc(S(=O)(=O)N[C@@H](C)CN)cc1C(F)(F)F. The topological polar surface area (TPSA) is 98.5 Å². The lowest BCUT2D eigenvalue weighted by molar-refractivity contribution is -0.138. The molecular formula is C12H15F3N2O4S. The number of benzene rings is 1. The summed E-state index contributed by atoms with van der Waals surface area (Å²) in [5.74, 6) is -1.21. The third-order valence-electron chi connectivity index (χ3n) is 2.72. The molecule has 0 fully saturated rings. The van der Waals surface area contributed by atoms with E-state index in [4.69, 9.17) is 5.73 Å². The second kappa shape index (κ2) is 6.63. The summed E-state index contributed by atoms with van der Waals surface area (Å²) in [6.45, 7) is 1.44. The van der Waals surface area contributed by atoms with Crippen LogP contribution in [0.25, 0.3) is 0 Å². The number of methoxy groups -OCH3 is 1. The van der Waals surface area contributed by atoms with Gasteiger partial charge in [-0.15, -0.1) is 0 Å². The van der Waals surface area contributed by atoms with Crippen LogP contribution in [0.4, 0.5) is 13.2 Å². The van der Waals surface area contributed by atoms with Crippen molar-refractivity contribution in [1.29, 1.82) is 0 Å². The average Bonchev–Trinajstić information content (AvgIpc) is 2.44. The Balaban J connectivity index is 3.40. The van der Waals surface area contributed by atoms with Crippen molar-refractivity contribution in [2.45, 2.75) is 24.0 Å². The van der Waals surface area contributed by atoms with Crippen molar-refractivity contribution in [2.24, 2.45) is 5.73 Å². The number of alkyl halides is 3. The van der Waals surface area contributed by atoms with Gasteiger partial charge in [0.1, 0.15) is 0 Å². The molecule has 0 aliphatic carbocycles. The Morgan fingerprint density at radius 2 is 2.00 bits per heavy atom. The van der Waals surface area contributed by atoms with E-state index in [1.807, 2.05) is 0 Å². The van der Waals surface area contributed by atoms with Gasteiger partial charge in [-0.1, -0.05) is 0 Å². The van der Waals surface area contributed by atoms with Crippen molar-refractivity contribution in [1.82, 2.24) is 4.72 Å². The van der Waals surface area contributed by atoms with Gasteiger partial charge in [0.2, 0.25) is 10.0 Å². The van der Waals surface area contributed by atoms with Crippen molar-refractivity contribution in [3.05, 3.63) is 29.3 Å². The van der Waals surface area contributed by atoms with Crippen LogP contribution in [-0.4, -0.2) is 34.1 Å². The van der Waals surface area contributed by atoms with E-state index in [0.29, 0.717) is 6.07 Å². The molecule has 0 amide bonds. The summed E-state index contributed by atoms with van der Waals surface area (Å²) in [4.78, 5) is 10.7. The fourth-order valence-corrected chi connectivity index (χ4v) is 2.88. The van der Waals surface area contributed by atoms with Gasteiger partial charge < -0.3 is 10.5 Å². The molecule has 3 N–H and O–H groups in total. The number of nitrogens with one attached hydrogen (secondary N) is 1. The summed E-state index contributed by atoms with van der Waals surface area (Å²) < 4.78 is 69.3. The quantitative estimate of drug-likeness (QED) is 0.783. The summed E-state index contributed by atoms with van der Waals surface area (Å²) in [5, 5.41) is 0. The fourth-order valence-electron chi connectivity index (χ4n) is 1.59. The highest BCUT2D eigenvalue weighted by atomic mass is 32.2. The third-order valence-corrected chi connectivity index (χ3v) is 4.31. The van der Waals surface area contributed by atoms with Gasteiger partial charge in [-0.25, -0.2) is 17.9 Å². The van der Waals surface area contributed by atoms with Crippen molar-refractivity contribution in [3.8, 4) is 0 Å². The molecule has 0 unspecified atom stereocenters. The van der Waals surface area contributed by atoms with E-state index >= 15 is 0 Å². The Morgan fingerprint density at radius 1 is 1.41 bits per heavy atom. The first-order valence-corrected chi connectivity index (χ1v) is 7.53. The standard InChI is InChI=1S/C12H15F3N2O4S/c1-7(6-16)17-22(19,20)8-3-4-9(11(18)21-2)10(5-8)12(13,14)15/h3-5,7,17H,6,16H2,1-2H3/t7-/m0/s1. The summed E-state index contributed by atoms with van der Waals surface area (Å²) >= 11 is 0. The second-order valence-electron chi connectivity index (χ2n) is 4.45. The molecule has 0 heterocycles. The largest absolute Gasteiger partial charge is 0.465 e. The lowest BCUT2D eigenvalue weighted by Gasteiger charge is -2.15. The second-order valence-corrected chi connectivity index (χ2v) is 6.17. The fraction of sp³-hybridized carbons (Fsp3) is 0.417. The number of esters is 1. The summed E-state index contributed by atoms with van der Waals surface area (Å²) in [7, 11) is -3.26. The monoisotopic (exact) mass is 340 g/mol. The van der Waals surface area contributed by atoms with Crippen LogP contribution in [0.2, 0.25) is 0 Å². The van der Waals surface area contributed by atoms with Crippen molar-refractivity contribution < 1.29 is 31.1 Å². The molecule has 0 saturated heterocycles. The van der Waals surface area contributed by atoms with E-state index in [1.165, 1.54) is 6.92 Å². The molecule has 0 spiro atoms. The average molecular weight is 340 g/mol. The van der Waals surface area contributed by atoms with E-state index in [9.17, 15) is 26.4 Å². The molecule has 0 bridgehead atoms. The molecule has 0 aliphatic heterocycles. The number of hydrogen-bond acceptors (Lipinski definition) is 5. The minimum atomic E-state index is -4.91. The molecule has 22 heavy (non-hydrogen) atoms. The van der Waals surface area contributed by atoms with Gasteiger partial charge in [0.05, 0.1) is 23.1 Å². The van der Waals surface area contributed by atoms with Gasteiger partial charge in [0.25, 0.3) is 0 Å². The van der Waals surface area contributed by atoms with Crippen molar-refractivity contribution in [3.63, 3.8) is 0 Å². The summed E-state index contributed by atoms with van der Waals surface area (Å²) in [5.41, 5.74) is 3.12. The Bertz CT molecular complexity index is 659. The Kier molecular flexibility index (Phi) is 5.54. The zero-order chi connectivity index (χ0) is 17.1. The number of ether oxygens (including phenoxy) is 1.